The summed E-state index contributed by atoms with van der Waals surface area (Å²) in [5.41, 5.74) is 0. The van der Waals surface area contributed by atoms with E-state index in [1.807, 2.05) is 7.05 Å². The topological polar surface area (TPSA) is 69.6 Å². The first-order valence-corrected chi connectivity index (χ1v) is 7.68. The van der Waals surface area contributed by atoms with Crippen LogP contribution in [-0.2, 0) is 9.59 Å². The van der Waals surface area contributed by atoms with Gasteiger partial charge in [0.2, 0.25) is 5.91 Å². The number of hydrogen-bond donors (Lipinski definition) is 2. The highest BCUT2D eigenvalue weighted by molar-refractivity contribution is 5.84. The fourth-order valence-corrected chi connectivity index (χ4v) is 2.76. The number of hydrogen-bond acceptors (Lipinski definition) is 3. The van der Waals surface area contributed by atoms with Crippen LogP contribution >= 0.6 is 0 Å². The maximum absolute atomic E-state index is 12.1. The molecule has 1 aliphatic carbocycles. The fourth-order valence-electron chi connectivity index (χ4n) is 2.76. The lowest BCUT2D eigenvalue weighted by atomic mass is 9.79. The monoisotopic (exact) mass is 284 g/mol. The van der Waals surface area contributed by atoms with Crippen molar-refractivity contribution in [1.82, 2.24) is 10.2 Å². The second-order valence-corrected chi connectivity index (χ2v) is 5.86. The number of likely N-dealkylation sites (N-methyl/N-ethyl adjacent to an activating group) is 1. The van der Waals surface area contributed by atoms with Crippen LogP contribution in [0.15, 0.2) is 0 Å². The van der Waals surface area contributed by atoms with E-state index in [9.17, 15) is 14.7 Å². The molecular formula is C15H28N2O3. The van der Waals surface area contributed by atoms with Crippen molar-refractivity contribution in [3.05, 3.63) is 0 Å². The zero-order valence-corrected chi connectivity index (χ0v) is 12.9. The highest BCUT2D eigenvalue weighted by atomic mass is 16.4. The van der Waals surface area contributed by atoms with Gasteiger partial charge in [0.25, 0.3) is 0 Å². The summed E-state index contributed by atoms with van der Waals surface area (Å²) in [5.74, 6) is -1.78. The second-order valence-electron chi connectivity index (χ2n) is 5.86. The Labute approximate surface area is 121 Å². The molecule has 0 aromatic rings. The van der Waals surface area contributed by atoms with Crippen molar-refractivity contribution >= 4 is 11.9 Å². The van der Waals surface area contributed by atoms with E-state index < -0.39 is 11.9 Å². The molecule has 0 aromatic carbocycles. The third-order valence-corrected chi connectivity index (χ3v) is 4.53. The minimum Gasteiger partial charge on any atom is -0.481 e. The number of nitrogens with zero attached hydrogens (tertiary/aromatic N) is 1. The standard InChI is InChI=1S/C15H28N2O3/c1-4-11(2)17(3)10-9-16-14(18)12-7-5-6-8-13(12)15(19)20/h11-13H,4-10H2,1-3H3,(H,16,18)(H,19,20)/t11?,12-,13+/m1/s1. The van der Waals surface area contributed by atoms with Crippen LogP contribution in [0.25, 0.3) is 0 Å². The molecular weight excluding hydrogens is 256 g/mol. The first-order chi connectivity index (χ1) is 9.47. The van der Waals surface area contributed by atoms with Gasteiger partial charge in [-0.25, -0.2) is 0 Å². The van der Waals surface area contributed by atoms with Gasteiger partial charge in [-0.1, -0.05) is 19.8 Å². The first kappa shape index (κ1) is 17.0. The van der Waals surface area contributed by atoms with Gasteiger partial charge in [-0.05, 0) is 33.2 Å². The maximum Gasteiger partial charge on any atom is 0.307 e. The van der Waals surface area contributed by atoms with E-state index in [1.165, 1.54) is 0 Å². The molecule has 1 amide bonds. The van der Waals surface area contributed by atoms with Gasteiger partial charge in [0, 0.05) is 19.1 Å². The predicted molar refractivity (Wildman–Crippen MR) is 78.5 cm³/mol. The number of amides is 1. The predicted octanol–water partition coefficient (Wildman–Crippen LogP) is 1.72. The van der Waals surface area contributed by atoms with Crippen LogP contribution in [-0.4, -0.2) is 48.1 Å². The van der Waals surface area contributed by atoms with E-state index in [4.69, 9.17) is 0 Å². The number of nitrogens with one attached hydrogen (secondary N) is 1. The molecule has 0 aromatic heterocycles. The number of carbonyl (C=O) groups is 2. The molecule has 0 radical (unpaired) electrons. The summed E-state index contributed by atoms with van der Waals surface area (Å²) >= 11 is 0. The van der Waals surface area contributed by atoms with Crippen LogP contribution in [0.3, 0.4) is 0 Å². The molecule has 0 aliphatic heterocycles. The van der Waals surface area contributed by atoms with Crippen LogP contribution in [0.5, 0.6) is 0 Å². The van der Waals surface area contributed by atoms with Gasteiger partial charge in [-0.15, -0.1) is 0 Å². The van der Waals surface area contributed by atoms with Gasteiger partial charge in [-0.3, -0.25) is 9.59 Å². The Kier molecular flexibility index (Phi) is 6.99. The molecule has 0 bridgehead atoms. The Balaban J connectivity index is 2.39. The first-order valence-electron chi connectivity index (χ1n) is 7.68. The summed E-state index contributed by atoms with van der Waals surface area (Å²) < 4.78 is 0. The lowest BCUT2D eigenvalue weighted by Crippen LogP contribution is -2.43. The molecule has 2 N–H and O–H groups in total. The Morgan fingerprint density at radius 2 is 1.90 bits per heavy atom. The summed E-state index contributed by atoms with van der Waals surface area (Å²) in [5, 5.41) is 12.1. The van der Waals surface area contributed by atoms with Crippen molar-refractivity contribution in [2.45, 2.75) is 52.0 Å². The minimum atomic E-state index is -0.832. The number of carboxylic acid groups (broad SMARTS) is 1. The Bertz CT molecular complexity index is 333. The molecule has 1 unspecified atom stereocenters. The molecule has 1 aliphatic rings. The van der Waals surface area contributed by atoms with Gasteiger partial charge in [-0.2, -0.15) is 0 Å². The molecule has 1 rings (SSSR count). The van der Waals surface area contributed by atoms with E-state index in [1.54, 1.807) is 0 Å². The second kappa shape index (κ2) is 8.25. The molecule has 1 saturated carbocycles. The molecule has 0 spiro atoms. The number of carboxylic acids is 1. The zero-order chi connectivity index (χ0) is 15.1. The molecule has 5 nitrogen and oxygen atoms in total. The molecule has 5 heteroatoms. The van der Waals surface area contributed by atoms with E-state index in [-0.39, 0.29) is 11.8 Å². The fraction of sp³-hybridized carbons (Fsp3) is 0.867. The highest BCUT2D eigenvalue weighted by Gasteiger charge is 2.35. The van der Waals surface area contributed by atoms with Gasteiger partial charge >= 0.3 is 5.97 Å². The molecule has 0 heterocycles. The quantitative estimate of drug-likeness (QED) is 0.747. The SMILES string of the molecule is CCC(C)N(C)CCNC(=O)[C@@H]1CCCC[C@@H]1C(=O)O. The third kappa shape index (κ3) is 4.78. The van der Waals surface area contributed by atoms with Crippen LogP contribution < -0.4 is 5.32 Å². The molecule has 0 saturated heterocycles. The van der Waals surface area contributed by atoms with E-state index in [2.05, 4.69) is 24.1 Å². The summed E-state index contributed by atoms with van der Waals surface area (Å²) in [6.45, 7) is 5.68. The van der Waals surface area contributed by atoms with Crippen molar-refractivity contribution in [2.24, 2.45) is 11.8 Å². The molecule has 3 atom stereocenters. The smallest absolute Gasteiger partial charge is 0.307 e. The van der Waals surface area contributed by atoms with Crippen LogP contribution in [0.4, 0.5) is 0 Å². The molecule has 116 valence electrons. The normalized spacial score (nSPS) is 24.4. The Hall–Kier alpha value is -1.10. The summed E-state index contributed by atoms with van der Waals surface area (Å²) in [4.78, 5) is 25.5. The van der Waals surface area contributed by atoms with E-state index in [0.717, 1.165) is 25.8 Å². The average Bonchev–Trinajstić information content (AvgIpc) is 2.45. The van der Waals surface area contributed by atoms with Gasteiger partial charge in [0.05, 0.1) is 11.8 Å². The Morgan fingerprint density at radius 3 is 2.45 bits per heavy atom. The summed E-state index contributed by atoms with van der Waals surface area (Å²) in [6.07, 6.45) is 4.27. The van der Waals surface area contributed by atoms with Crippen molar-refractivity contribution in [2.75, 3.05) is 20.1 Å². The third-order valence-electron chi connectivity index (χ3n) is 4.53. The number of aliphatic carboxylic acids is 1. The maximum atomic E-state index is 12.1. The average molecular weight is 284 g/mol. The van der Waals surface area contributed by atoms with Gasteiger partial charge in [0.15, 0.2) is 0 Å². The van der Waals surface area contributed by atoms with Crippen molar-refractivity contribution in [3.8, 4) is 0 Å². The van der Waals surface area contributed by atoms with E-state index in [0.29, 0.717) is 25.4 Å². The number of rotatable bonds is 7. The van der Waals surface area contributed by atoms with Crippen LogP contribution in [0.2, 0.25) is 0 Å². The summed E-state index contributed by atoms with van der Waals surface area (Å²) in [7, 11) is 2.04. The lowest BCUT2D eigenvalue weighted by molar-refractivity contribution is -0.148. The highest BCUT2D eigenvalue weighted by Crippen LogP contribution is 2.30. The van der Waals surface area contributed by atoms with Gasteiger partial charge < -0.3 is 15.3 Å². The Morgan fingerprint density at radius 1 is 1.30 bits per heavy atom. The van der Waals surface area contributed by atoms with Crippen LogP contribution in [0.1, 0.15) is 46.0 Å². The van der Waals surface area contributed by atoms with Crippen molar-refractivity contribution in [3.63, 3.8) is 0 Å². The molecule has 20 heavy (non-hydrogen) atoms. The molecule has 1 fully saturated rings. The minimum absolute atomic E-state index is 0.0883. The number of carbonyl (C=O) groups excluding carboxylic acids is 1. The van der Waals surface area contributed by atoms with Crippen LogP contribution in [0, 0.1) is 11.8 Å². The summed E-state index contributed by atoms with van der Waals surface area (Å²) in [6, 6.07) is 0.494. The zero-order valence-electron chi connectivity index (χ0n) is 12.9. The van der Waals surface area contributed by atoms with Gasteiger partial charge in [0.1, 0.15) is 0 Å². The largest absolute Gasteiger partial charge is 0.481 e. The van der Waals surface area contributed by atoms with E-state index >= 15 is 0 Å². The van der Waals surface area contributed by atoms with Crippen molar-refractivity contribution in [1.29, 1.82) is 0 Å². The van der Waals surface area contributed by atoms with Crippen molar-refractivity contribution < 1.29 is 14.7 Å². The lowest BCUT2D eigenvalue weighted by Gasteiger charge is -2.28.